The number of carbonyl (C=O) groups is 2. The smallest absolute Gasteiger partial charge is 0.330 e. The molecule has 0 spiro atoms. The molecule has 0 rings (SSSR count). The zero-order valence-electron chi connectivity index (χ0n) is 6.96. The summed E-state index contributed by atoms with van der Waals surface area (Å²) >= 11 is 0. The second-order valence-corrected chi connectivity index (χ2v) is 1.63. The van der Waals surface area contributed by atoms with E-state index in [1.54, 1.807) is 0 Å². The second-order valence-electron chi connectivity index (χ2n) is 1.63. The van der Waals surface area contributed by atoms with Crippen molar-refractivity contribution < 1.29 is 60.6 Å². The van der Waals surface area contributed by atoms with Crippen LogP contribution < -0.4 is 0 Å². The second kappa shape index (κ2) is 14.3. The molecule has 0 amide bonds. The predicted molar refractivity (Wildman–Crippen MR) is 40.3 cm³/mol. The third-order valence-electron chi connectivity index (χ3n) is 0.540. The van der Waals surface area contributed by atoms with E-state index in [0.29, 0.717) is 0 Å². The van der Waals surface area contributed by atoms with Crippen molar-refractivity contribution in [2.24, 2.45) is 0 Å². The van der Waals surface area contributed by atoms with Gasteiger partial charge < -0.3 is 10.2 Å². The van der Waals surface area contributed by atoms with Gasteiger partial charge in [0, 0.05) is 52.5 Å². The van der Waals surface area contributed by atoms with Crippen molar-refractivity contribution in [1.29, 1.82) is 0 Å². The van der Waals surface area contributed by atoms with Gasteiger partial charge in [-0.05, 0) is 6.92 Å². The van der Waals surface area contributed by atoms with Gasteiger partial charge in [0.1, 0.15) is 0 Å². The molecule has 0 aromatic carbocycles. The first-order valence-corrected chi connectivity index (χ1v) is 2.66. The Hall–Kier alpha value is -0.255. The molecule has 76 valence electrons. The van der Waals surface area contributed by atoms with Crippen molar-refractivity contribution in [3.8, 4) is 0 Å². The van der Waals surface area contributed by atoms with Crippen molar-refractivity contribution >= 4 is 11.9 Å². The Morgan fingerprint density at radius 2 is 1.38 bits per heavy atom. The minimum absolute atomic E-state index is 0. The molecule has 0 atom stereocenters. The average Bonchev–Trinajstić information content (AvgIpc) is 1.89. The van der Waals surface area contributed by atoms with E-state index in [1.807, 2.05) is 0 Å². The third kappa shape index (κ3) is 33.8. The number of carboxylic acids is 2. The maximum absolute atomic E-state index is 9.60. The molecule has 0 unspecified atom stereocenters. The van der Waals surface area contributed by atoms with E-state index >= 15 is 0 Å². The molecule has 0 bridgehead atoms. The van der Waals surface area contributed by atoms with Crippen LogP contribution in [0, 0.1) is 0 Å². The number of aliphatic carboxylic acids is 2. The molecule has 6 heteroatoms. The fraction of sp³-hybridized carbons (Fsp3) is 0.143. The van der Waals surface area contributed by atoms with Gasteiger partial charge in [-0.2, -0.15) is 0 Å². The van der Waals surface area contributed by atoms with E-state index in [-0.39, 0.29) is 46.4 Å². The van der Waals surface area contributed by atoms with Crippen LogP contribution in [0.25, 0.3) is 0 Å². The van der Waals surface area contributed by atoms with Crippen LogP contribution in [0.15, 0.2) is 24.8 Å². The van der Waals surface area contributed by atoms with Crippen LogP contribution in [0.3, 0.4) is 0 Å². The average molecular weight is 531 g/mol. The summed E-state index contributed by atoms with van der Waals surface area (Å²) in [5.41, 5.74) is 0.176. The molecule has 4 nitrogen and oxygen atoms in total. The largest absolute Gasteiger partial charge is 0.478 e. The monoisotopic (exact) mass is 532 g/mol. The van der Waals surface area contributed by atoms with E-state index in [2.05, 4.69) is 13.2 Å². The van der Waals surface area contributed by atoms with Crippen molar-refractivity contribution in [3.05, 3.63) is 24.8 Å². The Bertz CT molecular complexity index is 177. The third-order valence-corrected chi connectivity index (χ3v) is 0.540. The zero-order chi connectivity index (χ0) is 9.44. The van der Waals surface area contributed by atoms with Crippen molar-refractivity contribution in [1.82, 2.24) is 0 Å². The first kappa shape index (κ1) is 23.0. The molecular formula is C7H10O4Re2. The Kier molecular flexibility index (Phi) is 25.3. The summed E-state index contributed by atoms with van der Waals surface area (Å²) in [4.78, 5) is 18.8. The first-order valence-electron chi connectivity index (χ1n) is 2.66. The Labute approximate surface area is 104 Å². The maximum atomic E-state index is 9.60. The predicted octanol–water partition coefficient (Wildman–Crippen LogP) is 0.899. The standard InChI is InChI=1S/C4H6O2.C3H4O2.2Re/c1-3(2)4(5)6;1-2-3(4)5;;/h1H2,2H3,(H,5,6);2H,1H2,(H,4,5);;. The van der Waals surface area contributed by atoms with Gasteiger partial charge in [-0.25, -0.2) is 9.59 Å². The number of hydrogen-bond acceptors (Lipinski definition) is 2. The van der Waals surface area contributed by atoms with E-state index in [9.17, 15) is 9.59 Å². The van der Waals surface area contributed by atoms with Gasteiger partial charge in [0.25, 0.3) is 0 Å². The quantitative estimate of drug-likeness (QED) is 0.521. The van der Waals surface area contributed by atoms with Crippen LogP contribution in [0.5, 0.6) is 0 Å². The SMILES string of the molecule is C=C(C)C(=O)O.C=CC(=O)O.[Re].[Re]. The van der Waals surface area contributed by atoms with Crippen LogP contribution in [0.1, 0.15) is 6.92 Å². The zero-order valence-corrected chi connectivity index (χ0v) is 12.4. The van der Waals surface area contributed by atoms with Crippen molar-refractivity contribution in [3.63, 3.8) is 0 Å². The molecular weight excluding hydrogens is 520 g/mol. The van der Waals surface area contributed by atoms with Crippen LogP contribution in [0.2, 0.25) is 0 Å². The van der Waals surface area contributed by atoms with Gasteiger partial charge in [0.2, 0.25) is 0 Å². The summed E-state index contributed by atoms with van der Waals surface area (Å²) in [5.74, 6) is -1.92. The molecule has 0 aliphatic carbocycles. The number of hydrogen-bond donors (Lipinski definition) is 2. The Balaban J connectivity index is -0.0000000546. The van der Waals surface area contributed by atoms with Gasteiger partial charge in [0.15, 0.2) is 0 Å². The molecule has 2 N–H and O–H groups in total. The summed E-state index contributed by atoms with van der Waals surface area (Å²) in [6.07, 6.45) is 0.833. The van der Waals surface area contributed by atoms with Gasteiger partial charge in [0.05, 0.1) is 0 Å². The van der Waals surface area contributed by atoms with Crippen LogP contribution in [-0.2, 0) is 50.4 Å². The Morgan fingerprint density at radius 1 is 1.23 bits per heavy atom. The summed E-state index contributed by atoms with van der Waals surface area (Å²) in [5, 5.41) is 15.5. The normalized spacial score (nSPS) is 5.92. The maximum Gasteiger partial charge on any atom is 0.330 e. The number of rotatable bonds is 2. The van der Waals surface area contributed by atoms with Gasteiger partial charge >= 0.3 is 11.9 Å². The molecule has 0 aromatic rings. The van der Waals surface area contributed by atoms with Crippen molar-refractivity contribution in [2.45, 2.75) is 6.92 Å². The van der Waals surface area contributed by atoms with Gasteiger partial charge in [-0.1, -0.05) is 13.2 Å². The molecule has 0 fully saturated rings. The number of carboxylic acid groups (broad SMARTS) is 2. The van der Waals surface area contributed by atoms with Crippen LogP contribution in [0.4, 0.5) is 0 Å². The van der Waals surface area contributed by atoms with Gasteiger partial charge in [-0.3, -0.25) is 0 Å². The van der Waals surface area contributed by atoms with Crippen molar-refractivity contribution in [2.75, 3.05) is 0 Å². The summed E-state index contributed by atoms with van der Waals surface area (Å²) in [6, 6.07) is 0. The van der Waals surface area contributed by atoms with Crippen LogP contribution >= 0.6 is 0 Å². The van der Waals surface area contributed by atoms with E-state index in [1.165, 1.54) is 6.92 Å². The van der Waals surface area contributed by atoms with E-state index < -0.39 is 11.9 Å². The molecule has 0 heterocycles. The van der Waals surface area contributed by atoms with Gasteiger partial charge in [-0.15, -0.1) is 0 Å². The van der Waals surface area contributed by atoms with Crippen LogP contribution in [-0.4, -0.2) is 22.2 Å². The fourth-order valence-corrected chi connectivity index (χ4v) is 0. The minimum atomic E-state index is -0.981. The summed E-state index contributed by atoms with van der Waals surface area (Å²) in [7, 11) is 0. The summed E-state index contributed by atoms with van der Waals surface area (Å²) in [6.45, 7) is 7.56. The molecule has 0 aromatic heterocycles. The molecule has 0 saturated carbocycles. The molecule has 0 saturated heterocycles. The molecule has 0 aliphatic rings. The summed E-state index contributed by atoms with van der Waals surface area (Å²) < 4.78 is 0. The molecule has 13 heavy (non-hydrogen) atoms. The molecule has 0 aliphatic heterocycles. The van der Waals surface area contributed by atoms with E-state index in [4.69, 9.17) is 10.2 Å². The fourth-order valence-electron chi connectivity index (χ4n) is 0. The minimum Gasteiger partial charge on any atom is -0.478 e. The Morgan fingerprint density at radius 3 is 1.38 bits per heavy atom. The molecule has 2 radical (unpaired) electrons. The van der Waals surface area contributed by atoms with E-state index in [0.717, 1.165) is 6.08 Å². The first-order chi connectivity index (χ1) is 4.91. The topological polar surface area (TPSA) is 74.6 Å².